The Morgan fingerprint density at radius 3 is 2.76 bits per heavy atom. The van der Waals surface area contributed by atoms with Gasteiger partial charge in [-0.1, -0.05) is 30.0 Å². The number of ether oxygens (including phenoxy) is 1. The number of hydrogen-bond donors (Lipinski definition) is 4. The van der Waals surface area contributed by atoms with Gasteiger partial charge in [-0.05, 0) is 81.5 Å². The summed E-state index contributed by atoms with van der Waals surface area (Å²) in [7, 11) is 0. The molecule has 2 saturated heterocycles. The number of nitrogens with two attached hydrogens (primary N) is 1. The highest BCUT2D eigenvalue weighted by Gasteiger charge is 2.52. The van der Waals surface area contributed by atoms with Gasteiger partial charge in [0.1, 0.15) is 11.5 Å². The highest BCUT2D eigenvalue weighted by Crippen LogP contribution is 2.48. The number of amides is 3. The van der Waals surface area contributed by atoms with E-state index in [2.05, 4.69) is 16.0 Å². The van der Waals surface area contributed by atoms with Crippen LogP contribution in [0, 0.1) is 12.8 Å². The van der Waals surface area contributed by atoms with Crippen LogP contribution < -0.4 is 31.3 Å². The van der Waals surface area contributed by atoms with E-state index in [1.54, 1.807) is 0 Å². The summed E-state index contributed by atoms with van der Waals surface area (Å²) in [6, 6.07) is 15.5. The number of piperidine rings is 1. The zero-order valence-electron chi connectivity index (χ0n) is 20.9. The summed E-state index contributed by atoms with van der Waals surface area (Å²) in [5.74, 6) is 1.42. The molecule has 8 nitrogen and oxygen atoms in total. The SMILES string of the molecule is Cc1cc(Oc2ccccc2)ccc1N1C(=O)NC2=C(C(=O)N[C@H]3CCC[C@@H](N)C3)SC3NCCC1C23. The molecule has 3 heterocycles. The van der Waals surface area contributed by atoms with Crippen molar-refractivity contribution in [2.45, 2.75) is 62.5 Å². The van der Waals surface area contributed by atoms with Gasteiger partial charge in [-0.3, -0.25) is 9.69 Å². The molecule has 194 valence electrons. The number of thioether (sulfide) groups is 1. The van der Waals surface area contributed by atoms with E-state index in [0.717, 1.165) is 67.1 Å². The van der Waals surface area contributed by atoms with Gasteiger partial charge >= 0.3 is 6.03 Å². The molecule has 9 heteroatoms. The summed E-state index contributed by atoms with van der Waals surface area (Å²) in [5.41, 5.74) is 8.71. The monoisotopic (exact) mass is 519 g/mol. The zero-order valence-corrected chi connectivity index (χ0v) is 21.7. The fraction of sp³-hybridized carbons (Fsp3) is 0.429. The van der Waals surface area contributed by atoms with E-state index in [1.165, 1.54) is 11.8 Å². The maximum Gasteiger partial charge on any atom is 0.326 e. The lowest BCUT2D eigenvalue weighted by molar-refractivity contribution is -0.117. The summed E-state index contributed by atoms with van der Waals surface area (Å²) >= 11 is 1.54. The van der Waals surface area contributed by atoms with Gasteiger partial charge in [0, 0.05) is 29.4 Å². The number of hydrogen-bond acceptors (Lipinski definition) is 6. The average molecular weight is 520 g/mol. The van der Waals surface area contributed by atoms with E-state index in [-0.39, 0.29) is 41.4 Å². The van der Waals surface area contributed by atoms with Crippen LogP contribution in [-0.2, 0) is 4.79 Å². The van der Waals surface area contributed by atoms with Gasteiger partial charge < -0.3 is 26.4 Å². The summed E-state index contributed by atoms with van der Waals surface area (Å²) in [5, 5.41) is 9.91. The van der Waals surface area contributed by atoms with E-state index in [1.807, 2.05) is 60.4 Å². The summed E-state index contributed by atoms with van der Waals surface area (Å²) in [4.78, 5) is 29.4. The van der Waals surface area contributed by atoms with Crippen molar-refractivity contribution in [3.63, 3.8) is 0 Å². The molecular weight excluding hydrogens is 486 g/mol. The van der Waals surface area contributed by atoms with Crippen molar-refractivity contribution in [3.8, 4) is 11.5 Å². The molecule has 6 rings (SSSR count). The van der Waals surface area contributed by atoms with Crippen LogP contribution in [0.2, 0.25) is 0 Å². The Morgan fingerprint density at radius 2 is 1.97 bits per heavy atom. The Morgan fingerprint density at radius 1 is 1.14 bits per heavy atom. The van der Waals surface area contributed by atoms with Crippen LogP contribution in [0.25, 0.3) is 0 Å². The van der Waals surface area contributed by atoms with E-state index >= 15 is 0 Å². The van der Waals surface area contributed by atoms with Crippen molar-refractivity contribution in [2.75, 3.05) is 11.4 Å². The molecule has 3 fully saturated rings. The van der Waals surface area contributed by atoms with E-state index in [9.17, 15) is 9.59 Å². The first-order valence-corrected chi connectivity index (χ1v) is 14.0. The second-order valence-corrected chi connectivity index (χ2v) is 11.5. The van der Waals surface area contributed by atoms with Crippen molar-refractivity contribution in [2.24, 2.45) is 11.7 Å². The first-order valence-electron chi connectivity index (χ1n) is 13.1. The number of carbonyl (C=O) groups excluding carboxylic acids is 2. The molecule has 2 aromatic rings. The lowest BCUT2D eigenvalue weighted by Gasteiger charge is -2.46. The topological polar surface area (TPSA) is 109 Å². The number of nitrogens with one attached hydrogen (secondary N) is 3. The average Bonchev–Trinajstić information content (AvgIpc) is 3.25. The number of anilines is 1. The van der Waals surface area contributed by atoms with Crippen LogP contribution in [0.5, 0.6) is 11.5 Å². The maximum atomic E-state index is 13.5. The van der Waals surface area contributed by atoms with Gasteiger partial charge in [0.15, 0.2) is 0 Å². The minimum atomic E-state index is -0.191. The number of carbonyl (C=O) groups is 2. The molecule has 1 aliphatic carbocycles. The number of aryl methyl sites for hydroxylation is 1. The second-order valence-electron chi connectivity index (χ2n) is 10.4. The van der Waals surface area contributed by atoms with Crippen molar-refractivity contribution in [3.05, 3.63) is 64.7 Å². The number of para-hydroxylation sites is 1. The molecule has 0 bridgehead atoms. The Hall–Kier alpha value is -3.01. The van der Waals surface area contributed by atoms with Crippen molar-refractivity contribution >= 4 is 29.4 Å². The lowest BCUT2D eigenvalue weighted by Crippen LogP contribution is -2.62. The zero-order chi connectivity index (χ0) is 25.5. The number of urea groups is 1. The normalized spacial score (nSPS) is 29.0. The Labute approximate surface area is 221 Å². The molecule has 3 aliphatic heterocycles. The maximum absolute atomic E-state index is 13.5. The quantitative estimate of drug-likeness (QED) is 0.476. The third kappa shape index (κ3) is 4.71. The predicted molar refractivity (Wildman–Crippen MR) is 145 cm³/mol. The molecule has 1 saturated carbocycles. The van der Waals surface area contributed by atoms with E-state index < -0.39 is 0 Å². The fourth-order valence-corrected chi connectivity index (χ4v) is 7.50. The van der Waals surface area contributed by atoms with Gasteiger partial charge in [-0.25, -0.2) is 4.79 Å². The first-order chi connectivity index (χ1) is 18.0. The third-order valence-electron chi connectivity index (χ3n) is 7.80. The van der Waals surface area contributed by atoms with Gasteiger partial charge in [0.05, 0.1) is 16.3 Å². The lowest BCUT2D eigenvalue weighted by atomic mass is 9.86. The fourth-order valence-electron chi connectivity index (χ4n) is 6.10. The van der Waals surface area contributed by atoms with Gasteiger partial charge in [-0.2, -0.15) is 0 Å². The molecule has 0 aromatic heterocycles. The number of rotatable bonds is 5. The minimum Gasteiger partial charge on any atom is -0.457 e. The molecule has 3 unspecified atom stereocenters. The summed E-state index contributed by atoms with van der Waals surface area (Å²) < 4.78 is 6.00. The van der Waals surface area contributed by atoms with Crippen LogP contribution in [0.4, 0.5) is 10.5 Å². The van der Waals surface area contributed by atoms with Crippen molar-refractivity contribution < 1.29 is 14.3 Å². The Bertz CT molecular complexity index is 1240. The molecule has 3 amide bonds. The molecule has 4 aliphatic rings. The first kappa shape index (κ1) is 24.3. The standard InChI is InChI=1S/C28H33N5O3S/c1-16-14-20(36-19-8-3-2-4-9-19)10-11-21(16)33-22-12-13-30-27-23(22)24(32-28(33)35)25(37-27)26(34)31-18-7-5-6-17(29)15-18/h2-4,8-11,14,17-18,22-23,27,30H,5-7,12-13,15,29H2,1H3,(H,31,34)(H,32,35)/t17-,18+,22?,23?,27?/m1/s1. The van der Waals surface area contributed by atoms with Crippen LogP contribution in [0.3, 0.4) is 0 Å². The predicted octanol–water partition coefficient (Wildman–Crippen LogP) is 3.97. The minimum absolute atomic E-state index is 0.0189. The molecule has 5 N–H and O–H groups in total. The summed E-state index contributed by atoms with van der Waals surface area (Å²) in [6.45, 7) is 2.79. The number of nitrogens with zero attached hydrogens (tertiary/aromatic N) is 1. The Balaban J connectivity index is 1.24. The van der Waals surface area contributed by atoms with E-state index in [4.69, 9.17) is 10.5 Å². The summed E-state index contributed by atoms with van der Waals surface area (Å²) in [6.07, 6.45) is 4.60. The smallest absolute Gasteiger partial charge is 0.326 e. The van der Waals surface area contributed by atoms with Crippen LogP contribution in [-0.4, -0.2) is 42.0 Å². The number of benzene rings is 2. The van der Waals surface area contributed by atoms with Crippen LogP contribution in [0.1, 0.15) is 37.7 Å². The largest absolute Gasteiger partial charge is 0.457 e. The highest BCUT2D eigenvalue weighted by molar-refractivity contribution is 8.04. The van der Waals surface area contributed by atoms with Gasteiger partial charge in [0.25, 0.3) is 5.91 Å². The van der Waals surface area contributed by atoms with E-state index in [0.29, 0.717) is 4.91 Å². The third-order valence-corrected chi connectivity index (χ3v) is 9.16. The Kier molecular flexibility index (Phi) is 6.60. The molecular formula is C28H33N5O3S. The molecule has 0 spiro atoms. The molecule has 0 radical (unpaired) electrons. The second kappa shape index (κ2) is 10.0. The molecule has 37 heavy (non-hydrogen) atoms. The highest BCUT2D eigenvalue weighted by atomic mass is 32.2. The van der Waals surface area contributed by atoms with Crippen LogP contribution >= 0.6 is 11.8 Å². The molecule has 5 atom stereocenters. The van der Waals surface area contributed by atoms with Crippen LogP contribution in [0.15, 0.2) is 59.1 Å². The van der Waals surface area contributed by atoms with Gasteiger partial charge in [0.2, 0.25) is 0 Å². The van der Waals surface area contributed by atoms with Gasteiger partial charge in [-0.15, -0.1) is 0 Å². The van der Waals surface area contributed by atoms with Crippen molar-refractivity contribution in [1.82, 2.24) is 16.0 Å². The van der Waals surface area contributed by atoms with Crippen molar-refractivity contribution in [1.29, 1.82) is 0 Å². The molecule has 2 aromatic carbocycles.